The van der Waals surface area contributed by atoms with E-state index in [1.807, 2.05) is 20.8 Å². The summed E-state index contributed by atoms with van der Waals surface area (Å²) in [6.07, 6.45) is 0. The van der Waals surface area contributed by atoms with Crippen LogP contribution < -0.4 is 0 Å². The number of nitrogens with zero attached hydrogens (tertiary/aromatic N) is 1. The standard InChI is InChI=1S/C16H22FNO4S/c1-10(2)14-9-18(15(11(14)3)16(19)22-4)23(20,21)13-7-5-12(17)6-8-13/h5-8,10-11,14-15H,9H2,1-4H3/t11?,14-,15-/m0/s1. The summed E-state index contributed by atoms with van der Waals surface area (Å²) in [7, 11) is -2.64. The molecule has 0 bridgehead atoms. The number of hydrogen-bond acceptors (Lipinski definition) is 4. The maximum Gasteiger partial charge on any atom is 0.324 e. The number of methoxy groups -OCH3 is 1. The molecule has 0 aliphatic carbocycles. The lowest BCUT2D eigenvalue weighted by atomic mass is 9.84. The highest BCUT2D eigenvalue weighted by Crippen LogP contribution is 2.38. The number of carbonyl (C=O) groups excluding carboxylic acids is 1. The molecule has 1 aliphatic heterocycles. The van der Waals surface area contributed by atoms with Crippen LogP contribution in [0.15, 0.2) is 29.2 Å². The molecule has 0 aromatic heterocycles. The van der Waals surface area contributed by atoms with Crippen molar-refractivity contribution in [2.24, 2.45) is 17.8 Å². The number of rotatable bonds is 4. The fraction of sp³-hybridized carbons (Fsp3) is 0.562. The normalized spacial score (nSPS) is 25.7. The van der Waals surface area contributed by atoms with Crippen LogP contribution in [0.2, 0.25) is 0 Å². The van der Waals surface area contributed by atoms with E-state index in [9.17, 15) is 17.6 Å². The first-order valence-corrected chi connectivity index (χ1v) is 8.99. The van der Waals surface area contributed by atoms with Gasteiger partial charge in [-0.2, -0.15) is 4.31 Å². The van der Waals surface area contributed by atoms with E-state index in [1.165, 1.54) is 23.5 Å². The van der Waals surface area contributed by atoms with Gasteiger partial charge in [-0.25, -0.2) is 12.8 Å². The Kier molecular flexibility index (Phi) is 5.10. The second-order valence-corrected chi connectivity index (χ2v) is 8.15. The van der Waals surface area contributed by atoms with Gasteiger partial charge in [0.1, 0.15) is 11.9 Å². The minimum Gasteiger partial charge on any atom is -0.468 e. The molecule has 1 saturated heterocycles. The molecular weight excluding hydrogens is 321 g/mol. The van der Waals surface area contributed by atoms with Gasteiger partial charge in [-0.15, -0.1) is 0 Å². The highest BCUT2D eigenvalue weighted by atomic mass is 32.2. The van der Waals surface area contributed by atoms with Crippen molar-refractivity contribution in [1.29, 1.82) is 0 Å². The molecule has 1 fully saturated rings. The van der Waals surface area contributed by atoms with E-state index in [-0.39, 0.29) is 29.2 Å². The van der Waals surface area contributed by atoms with Crippen LogP contribution in [0.4, 0.5) is 4.39 Å². The molecule has 0 radical (unpaired) electrons. The van der Waals surface area contributed by atoms with Gasteiger partial charge in [0.05, 0.1) is 12.0 Å². The van der Waals surface area contributed by atoms with Crippen LogP contribution in [0.3, 0.4) is 0 Å². The Balaban J connectivity index is 2.45. The molecule has 1 aliphatic rings. The van der Waals surface area contributed by atoms with Gasteiger partial charge < -0.3 is 4.74 Å². The molecule has 2 rings (SSSR count). The summed E-state index contributed by atoms with van der Waals surface area (Å²) < 4.78 is 44.8. The lowest BCUT2D eigenvalue weighted by molar-refractivity contribution is -0.145. The van der Waals surface area contributed by atoms with Crippen molar-refractivity contribution in [1.82, 2.24) is 4.31 Å². The molecule has 128 valence electrons. The maximum atomic E-state index is 13.1. The third kappa shape index (κ3) is 3.26. The van der Waals surface area contributed by atoms with Crippen molar-refractivity contribution in [2.45, 2.75) is 31.7 Å². The third-order valence-corrected chi connectivity index (χ3v) is 6.46. The van der Waals surface area contributed by atoms with Crippen LogP contribution in [0.25, 0.3) is 0 Å². The van der Waals surface area contributed by atoms with Crippen LogP contribution in [-0.2, 0) is 19.6 Å². The average molecular weight is 343 g/mol. The minimum absolute atomic E-state index is 0.0237. The fourth-order valence-electron chi connectivity index (χ4n) is 3.24. The van der Waals surface area contributed by atoms with Crippen molar-refractivity contribution in [3.05, 3.63) is 30.1 Å². The van der Waals surface area contributed by atoms with E-state index in [1.54, 1.807) is 0 Å². The van der Waals surface area contributed by atoms with Gasteiger partial charge in [0.2, 0.25) is 10.0 Å². The highest BCUT2D eigenvalue weighted by Gasteiger charge is 2.50. The quantitative estimate of drug-likeness (QED) is 0.787. The molecule has 7 heteroatoms. The number of halogens is 1. The highest BCUT2D eigenvalue weighted by molar-refractivity contribution is 7.89. The van der Waals surface area contributed by atoms with Crippen molar-refractivity contribution in [3.63, 3.8) is 0 Å². The molecule has 1 aromatic carbocycles. The summed E-state index contributed by atoms with van der Waals surface area (Å²) in [5.41, 5.74) is 0. The summed E-state index contributed by atoms with van der Waals surface area (Å²) >= 11 is 0. The fourth-order valence-corrected chi connectivity index (χ4v) is 4.94. The zero-order valence-electron chi connectivity index (χ0n) is 13.7. The summed E-state index contributed by atoms with van der Waals surface area (Å²) in [4.78, 5) is 12.1. The second-order valence-electron chi connectivity index (χ2n) is 6.26. The smallest absolute Gasteiger partial charge is 0.324 e. The molecule has 1 heterocycles. The van der Waals surface area contributed by atoms with E-state index in [0.29, 0.717) is 0 Å². The Morgan fingerprint density at radius 1 is 1.30 bits per heavy atom. The van der Waals surface area contributed by atoms with Gasteiger partial charge in [-0.1, -0.05) is 20.8 Å². The van der Waals surface area contributed by atoms with Crippen LogP contribution in [0.5, 0.6) is 0 Å². The molecule has 0 amide bonds. The van der Waals surface area contributed by atoms with Gasteiger partial charge in [-0.3, -0.25) is 4.79 Å². The molecule has 0 spiro atoms. The summed E-state index contributed by atoms with van der Waals surface area (Å²) in [6.45, 7) is 6.12. The first-order valence-electron chi connectivity index (χ1n) is 7.55. The topological polar surface area (TPSA) is 63.7 Å². The van der Waals surface area contributed by atoms with Gasteiger partial charge >= 0.3 is 5.97 Å². The largest absolute Gasteiger partial charge is 0.468 e. The lowest BCUT2D eigenvalue weighted by Gasteiger charge is -2.24. The summed E-state index contributed by atoms with van der Waals surface area (Å²) in [5, 5.41) is 0. The van der Waals surface area contributed by atoms with Crippen molar-refractivity contribution >= 4 is 16.0 Å². The summed E-state index contributed by atoms with van der Waals surface area (Å²) in [6, 6.07) is 3.76. The minimum atomic E-state index is -3.89. The Hall–Kier alpha value is -1.47. The number of esters is 1. The molecule has 1 unspecified atom stereocenters. The van der Waals surface area contributed by atoms with E-state index < -0.39 is 27.9 Å². The zero-order chi connectivity index (χ0) is 17.4. The predicted octanol–water partition coefficient (Wildman–Crippen LogP) is 2.28. The number of ether oxygens (including phenoxy) is 1. The van der Waals surface area contributed by atoms with Crippen LogP contribution in [-0.4, -0.2) is 38.4 Å². The molecule has 3 atom stereocenters. The van der Waals surface area contributed by atoms with Crippen LogP contribution in [0, 0.1) is 23.6 Å². The Labute approximate surface area is 136 Å². The molecule has 5 nitrogen and oxygen atoms in total. The maximum absolute atomic E-state index is 13.1. The van der Waals surface area contributed by atoms with Crippen LogP contribution >= 0.6 is 0 Å². The van der Waals surface area contributed by atoms with Crippen molar-refractivity contribution in [3.8, 4) is 0 Å². The van der Waals surface area contributed by atoms with E-state index in [2.05, 4.69) is 0 Å². The molecule has 23 heavy (non-hydrogen) atoms. The van der Waals surface area contributed by atoms with Crippen molar-refractivity contribution in [2.75, 3.05) is 13.7 Å². The van der Waals surface area contributed by atoms with Gasteiger partial charge in [0.25, 0.3) is 0 Å². The van der Waals surface area contributed by atoms with E-state index in [4.69, 9.17) is 4.74 Å². The molecule has 0 N–H and O–H groups in total. The van der Waals surface area contributed by atoms with Gasteiger partial charge in [-0.05, 0) is 42.0 Å². The van der Waals surface area contributed by atoms with Gasteiger partial charge in [0.15, 0.2) is 0 Å². The Morgan fingerprint density at radius 2 is 1.87 bits per heavy atom. The van der Waals surface area contributed by atoms with E-state index in [0.717, 1.165) is 12.1 Å². The third-order valence-electron chi connectivity index (χ3n) is 4.59. The lowest BCUT2D eigenvalue weighted by Crippen LogP contribution is -2.43. The monoisotopic (exact) mass is 343 g/mol. The first-order chi connectivity index (χ1) is 10.7. The summed E-state index contributed by atoms with van der Waals surface area (Å²) in [5.74, 6) is -0.952. The molecule has 0 saturated carbocycles. The number of benzene rings is 1. The average Bonchev–Trinajstić information content (AvgIpc) is 2.85. The Bertz CT molecular complexity index is 672. The van der Waals surface area contributed by atoms with Crippen molar-refractivity contribution < 1.29 is 22.3 Å². The number of hydrogen-bond donors (Lipinski definition) is 0. The van der Waals surface area contributed by atoms with Gasteiger partial charge in [0, 0.05) is 6.54 Å². The van der Waals surface area contributed by atoms with E-state index >= 15 is 0 Å². The molecule has 1 aromatic rings. The number of sulfonamides is 1. The second kappa shape index (κ2) is 6.57. The van der Waals surface area contributed by atoms with Crippen LogP contribution in [0.1, 0.15) is 20.8 Å². The Morgan fingerprint density at radius 3 is 2.35 bits per heavy atom. The number of carbonyl (C=O) groups is 1. The molecular formula is C16H22FNO4S. The zero-order valence-corrected chi connectivity index (χ0v) is 14.5. The first kappa shape index (κ1) is 17.9. The SMILES string of the molecule is COC(=O)[C@@H]1C(C)[C@H](C(C)C)CN1S(=O)(=O)c1ccc(F)cc1. The predicted molar refractivity (Wildman–Crippen MR) is 83.6 cm³/mol.